The molecule has 2 fully saturated rings. The number of hydrogen-bond donors (Lipinski definition) is 3. The highest BCUT2D eigenvalue weighted by Gasteiger charge is 2.61. The van der Waals surface area contributed by atoms with Gasteiger partial charge in [-0.05, 0) is 82.3 Å². The van der Waals surface area contributed by atoms with Gasteiger partial charge >= 0.3 is 12.2 Å². The summed E-state index contributed by atoms with van der Waals surface area (Å²) in [5.41, 5.74) is -1.52. The van der Waals surface area contributed by atoms with Gasteiger partial charge in [0.1, 0.15) is 40.9 Å². The molecule has 0 bridgehead atoms. The lowest BCUT2D eigenvalue weighted by Crippen LogP contribution is -2.58. The predicted molar refractivity (Wildman–Crippen MR) is 199 cm³/mol. The lowest BCUT2D eigenvalue weighted by Gasteiger charge is -2.30. The van der Waals surface area contributed by atoms with Gasteiger partial charge in [-0.15, -0.1) is 0 Å². The van der Waals surface area contributed by atoms with E-state index in [4.69, 9.17) is 14.2 Å². The molecular weight excluding hydrogens is 750 g/mol. The second-order valence-electron chi connectivity index (χ2n) is 15.6. The van der Waals surface area contributed by atoms with Crippen LogP contribution in [0.5, 0.6) is 5.75 Å². The minimum Gasteiger partial charge on any atom is -0.497 e. The maximum Gasteiger partial charge on any atom is 0.410 e. The molecule has 6 rings (SSSR count). The first-order chi connectivity index (χ1) is 26.5. The van der Waals surface area contributed by atoms with E-state index in [1.807, 2.05) is 6.08 Å². The summed E-state index contributed by atoms with van der Waals surface area (Å²) in [7, 11) is -2.94. The lowest BCUT2D eigenvalue weighted by atomic mass is 10.0. The number of alkyl carbamates (subject to hydrolysis) is 1. The molecule has 302 valence electrons. The molecule has 3 heterocycles. The standard InChI is InChI=1S/C39H48FN5O10S/c1-38(2,3)55-36(49)41-31-14-9-7-5-6-8-12-25-20-39(25,35(48)43-56(51,52)28-17-15-26(53-4)16-18-28)42-33(46)32-19-27(22-45(32)34(31)47)54-37(50)44-21-24-11-10-13-30(40)29(24)23-44/h8,10-13,15-18,25,27,31-32H,5-7,9,14,19-23H2,1-4H3,(H,41,49)(H,42,46)(H,43,48)/t25-,27-,31+,32+,39-/m1/s1. The number of carbonyl (C=O) groups is 5. The van der Waals surface area contributed by atoms with Crippen molar-refractivity contribution in [3.8, 4) is 5.75 Å². The summed E-state index contributed by atoms with van der Waals surface area (Å²) < 4.78 is 59.6. The van der Waals surface area contributed by atoms with Gasteiger partial charge in [0, 0.05) is 24.4 Å². The third kappa shape index (κ3) is 9.09. The summed E-state index contributed by atoms with van der Waals surface area (Å²) >= 11 is 0. The number of allylic oxidation sites excluding steroid dienone is 1. The zero-order chi connectivity index (χ0) is 40.4. The zero-order valence-electron chi connectivity index (χ0n) is 31.8. The van der Waals surface area contributed by atoms with Gasteiger partial charge in [0.25, 0.3) is 15.9 Å². The molecule has 4 aliphatic rings. The molecule has 5 amide bonds. The molecule has 3 aliphatic heterocycles. The molecule has 2 aromatic carbocycles. The van der Waals surface area contributed by atoms with Crippen molar-refractivity contribution in [2.45, 2.75) is 113 Å². The van der Waals surface area contributed by atoms with E-state index in [2.05, 4.69) is 15.4 Å². The average molecular weight is 798 g/mol. The van der Waals surface area contributed by atoms with Gasteiger partial charge in [-0.1, -0.05) is 37.1 Å². The van der Waals surface area contributed by atoms with Crippen molar-refractivity contribution < 1.29 is 51.0 Å². The van der Waals surface area contributed by atoms with Crippen LogP contribution < -0.4 is 20.1 Å². The molecule has 0 aromatic heterocycles. The molecule has 15 nitrogen and oxygen atoms in total. The number of fused-ring (bicyclic) bond motifs is 3. The fourth-order valence-electron chi connectivity index (χ4n) is 7.37. The molecule has 3 N–H and O–H groups in total. The SMILES string of the molecule is COc1ccc(S(=O)(=O)NC(=O)[C@@]23C[C@H]2C=CCCCCC[C@H](NC(=O)OC(C)(C)C)C(=O)N2C[C@H](OC(=O)N4Cc5cccc(F)c5C4)C[C@H]2C(=O)N3)cc1. The van der Waals surface area contributed by atoms with Crippen molar-refractivity contribution in [1.82, 2.24) is 25.2 Å². The van der Waals surface area contributed by atoms with E-state index in [1.165, 1.54) is 47.2 Å². The number of halogens is 1. The van der Waals surface area contributed by atoms with E-state index in [0.29, 0.717) is 36.1 Å². The summed E-state index contributed by atoms with van der Waals surface area (Å²) in [4.78, 5) is 71.4. The number of ether oxygens (including phenoxy) is 3. The fourth-order valence-corrected chi connectivity index (χ4v) is 8.41. The van der Waals surface area contributed by atoms with E-state index in [1.54, 1.807) is 39.0 Å². The third-order valence-electron chi connectivity index (χ3n) is 10.4. The number of hydrogen-bond acceptors (Lipinski definition) is 10. The molecule has 56 heavy (non-hydrogen) atoms. The number of nitrogens with one attached hydrogen (secondary N) is 3. The molecule has 5 atom stereocenters. The Morgan fingerprint density at radius 1 is 1.02 bits per heavy atom. The summed E-state index contributed by atoms with van der Waals surface area (Å²) in [6.07, 6.45) is 3.83. The molecule has 0 unspecified atom stereocenters. The Morgan fingerprint density at radius 2 is 1.77 bits per heavy atom. The zero-order valence-corrected chi connectivity index (χ0v) is 32.7. The third-order valence-corrected chi connectivity index (χ3v) is 11.7. The summed E-state index contributed by atoms with van der Waals surface area (Å²) in [6.45, 7) is 4.92. The first-order valence-corrected chi connectivity index (χ1v) is 20.2. The van der Waals surface area contributed by atoms with Gasteiger partial charge in [0.05, 0.1) is 25.1 Å². The molecule has 0 radical (unpaired) electrons. The second-order valence-corrected chi connectivity index (χ2v) is 17.3. The van der Waals surface area contributed by atoms with Crippen LogP contribution in [0, 0.1) is 11.7 Å². The molecule has 2 aromatic rings. The van der Waals surface area contributed by atoms with Gasteiger partial charge in [0.15, 0.2) is 0 Å². The van der Waals surface area contributed by atoms with Gasteiger partial charge in [-0.3, -0.25) is 19.3 Å². The smallest absolute Gasteiger partial charge is 0.410 e. The van der Waals surface area contributed by atoms with Crippen LogP contribution >= 0.6 is 0 Å². The lowest BCUT2D eigenvalue weighted by molar-refractivity contribution is -0.141. The van der Waals surface area contributed by atoms with Crippen molar-refractivity contribution in [1.29, 1.82) is 0 Å². The summed E-state index contributed by atoms with van der Waals surface area (Å²) in [5, 5.41) is 5.43. The first kappa shape index (κ1) is 40.5. The van der Waals surface area contributed by atoms with Gasteiger partial charge < -0.3 is 29.7 Å². The Labute approximate surface area is 325 Å². The number of amides is 5. The van der Waals surface area contributed by atoms with Crippen LogP contribution in [0.1, 0.15) is 76.8 Å². The quantitative estimate of drug-likeness (QED) is 0.360. The predicted octanol–water partition coefficient (Wildman–Crippen LogP) is 4.05. The van der Waals surface area contributed by atoms with Crippen LogP contribution in [0.15, 0.2) is 59.5 Å². The number of methoxy groups -OCH3 is 1. The monoisotopic (exact) mass is 797 g/mol. The van der Waals surface area contributed by atoms with E-state index >= 15 is 0 Å². The van der Waals surface area contributed by atoms with Gasteiger partial charge in [0.2, 0.25) is 11.8 Å². The fraction of sp³-hybridized carbons (Fsp3) is 0.513. The number of rotatable bonds is 6. The van der Waals surface area contributed by atoms with Crippen molar-refractivity contribution >= 4 is 39.9 Å². The number of benzene rings is 2. The second kappa shape index (κ2) is 16.1. The molecule has 1 aliphatic carbocycles. The minimum atomic E-state index is -4.37. The van der Waals surface area contributed by atoms with Crippen LogP contribution in [0.2, 0.25) is 0 Å². The van der Waals surface area contributed by atoms with E-state index in [9.17, 15) is 36.8 Å². The largest absolute Gasteiger partial charge is 0.497 e. The van der Waals surface area contributed by atoms with E-state index in [0.717, 1.165) is 6.42 Å². The molecule has 0 spiro atoms. The highest BCUT2D eigenvalue weighted by atomic mass is 32.2. The normalized spacial score (nSPS) is 25.4. The minimum absolute atomic E-state index is 0.0199. The summed E-state index contributed by atoms with van der Waals surface area (Å²) in [6, 6.07) is 7.64. The Balaban J connectivity index is 1.26. The Hall–Kier alpha value is -5.19. The Bertz CT molecular complexity index is 2000. The van der Waals surface area contributed by atoms with Gasteiger partial charge in [-0.2, -0.15) is 0 Å². The highest BCUT2D eigenvalue weighted by Crippen LogP contribution is 2.46. The number of carbonyl (C=O) groups excluding carboxylic acids is 5. The number of nitrogens with zero attached hydrogens (tertiary/aromatic N) is 2. The van der Waals surface area contributed by atoms with Crippen LogP contribution in [0.4, 0.5) is 14.0 Å². The van der Waals surface area contributed by atoms with Gasteiger partial charge in [-0.25, -0.2) is 27.1 Å². The summed E-state index contributed by atoms with van der Waals surface area (Å²) in [5.74, 6) is -2.93. The van der Waals surface area contributed by atoms with Crippen molar-refractivity contribution in [2.24, 2.45) is 5.92 Å². The maximum absolute atomic E-state index is 14.5. The maximum atomic E-state index is 14.5. The van der Waals surface area contributed by atoms with Crippen LogP contribution in [-0.4, -0.2) is 91.1 Å². The van der Waals surface area contributed by atoms with Crippen LogP contribution in [-0.2, 0) is 47.0 Å². The van der Waals surface area contributed by atoms with E-state index < -0.39 is 81.0 Å². The Kier molecular flexibility index (Phi) is 11.6. The van der Waals surface area contributed by atoms with Crippen LogP contribution in [0.25, 0.3) is 0 Å². The van der Waals surface area contributed by atoms with Crippen LogP contribution in [0.3, 0.4) is 0 Å². The highest BCUT2D eigenvalue weighted by molar-refractivity contribution is 7.90. The Morgan fingerprint density at radius 3 is 2.46 bits per heavy atom. The average Bonchev–Trinajstić information content (AvgIpc) is 3.42. The molecule has 1 saturated heterocycles. The topological polar surface area (TPSA) is 190 Å². The van der Waals surface area contributed by atoms with Crippen molar-refractivity contribution in [3.05, 3.63) is 71.6 Å². The van der Waals surface area contributed by atoms with Crippen molar-refractivity contribution in [3.63, 3.8) is 0 Å². The van der Waals surface area contributed by atoms with E-state index in [-0.39, 0.29) is 43.8 Å². The number of sulfonamides is 1. The van der Waals surface area contributed by atoms with Crippen molar-refractivity contribution in [2.75, 3.05) is 13.7 Å². The molecular formula is C39H48FN5O10S. The molecule has 17 heteroatoms. The molecule has 1 saturated carbocycles. The first-order valence-electron chi connectivity index (χ1n) is 18.7.